The number of hydrogen-bond donors (Lipinski definition) is 2. The van der Waals surface area contributed by atoms with E-state index in [-0.39, 0.29) is 12.3 Å². The molecule has 0 fully saturated rings. The zero-order valence-electron chi connectivity index (χ0n) is 11.9. The number of nitrogens with one attached hydrogen (secondary N) is 2. The quantitative estimate of drug-likeness (QED) is 0.775. The number of benzene rings is 2. The van der Waals surface area contributed by atoms with Crippen LogP contribution in [0.5, 0.6) is 5.75 Å². The van der Waals surface area contributed by atoms with Crippen molar-refractivity contribution in [2.24, 2.45) is 0 Å². The average molecular weight is 316 g/mol. The third kappa shape index (κ3) is 3.04. The fraction of sp³-hybridized carbons (Fsp3) is 0.125. The third-order valence-corrected chi connectivity index (χ3v) is 3.52. The van der Waals surface area contributed by atoms with E-state index in [1.807, 2.05) is 30.3 Å². The maximum Gasteiger partial charge on any atom is 0.230 e. The normalized spacial score (nSPS) is 10.6. The molecular formula is C16H14ClN3O2. The molecule has 2 N–H and O–H groups in total. The summed E-state index contributed by atoms with van der Waals surface area (Å²) in [5, 5.41) is 11.3. The molecule has 5 nitrogen and oxygen atoms in total. The fourth-order valence-electron chi connectivity index (χ4n) is 2.23. The maximum atomic E-state index is 12.1. The number of amides is 1. The Hall–Kier alpha value is -2.53. The Morgan fingerprint density at radius 1 is 1.32 bits per heavy atom. The number of rotatable bonds is 4. The van der Waals surface area contributed by atoms with Gasteiger partial charge in [0.1, 0.15) is 5.75 Å². The molecule has 0 radical (unpaired) electrons. The molecule has 2 aromatic carbocycles. The second-order valence-corrected chi connectivity index (χ2v) is 5.28. The summed E-state index contributed by atoms with van der Waals surface area (Å²) in [5.74, 6) is 1.09. The minimum absolute atomic E-state index is 0.147. The predicted molar refractivity (Wildman–Crippen MR) is 86.4 cm³/mol. The highest BCUT2D eigenvalue weighted by atomic mass is 35.5. The summed E-state index contributed by atoms with van der Waals surface area (Å²) in [6.45, 7) is 0. The number of carbonyl (C=O) groups excluding carboxylic acids is 1. The SMILES string of the molecule is COc1ccc2c(NC(=O)Cc3cccc(Cl)c3)n[nH]c2c1. The van der Waals surface area contributed by atoms with Crippen LogP contribution in [0.3, 0.4) is 0 Å². The maximum absolute atomic E-state index is 12.1. The number of ether oxygens (including phenoxy) is 1. The van der Waals surface area contributed by atoms with E-state index in [1.165, 1.54) is 0 Å². The van der Waals surface area contributed by atoms with Gasteiger partial charge in [0.15, 0.2) is 5.82 Å². The lowest BCUT2D eigenvalue weighted by Crippen LogP contribution is -2.14. The van der Waals surface area contributed by atoms with Gasteiger partial charge < -0.3 is 10.1 Å². The van der Waals surface area contributed by atoms with Gasteiger partial charge in [-0.15, -0.1) is 0 Å². The van der Waals surface area contributed by atoms with Crippen LogP contribution in [0.4, 0.5) is 5.82 Å². The molecule has 3 aromatic rings. The van der Waals surface area contributed by atoms with E-state index in [1.54, 1.807) is 19.2 Å². The Bertz CT molecular complexity index is 829. The van der Waals surface area contributed by atoms with Crippen molar-refractivity contribution in [3.63, 3.8) is 0 Å². The van der Waals surface area contributed by atoms with Crippen LogP contribution in [0.2, 0.25) is 5.02 Å². The number of aromatic amines is 1. The Kier molecular flexibility index (Phi) is 3.98. The second-order valence-electron chi connectivity index (χ2n) is 4.84. The summed E-state index contributed by atoms with van der Waals surface area (Å²) in [7, 11) is 1.60. The molecule has 1 heterocycles. The van der Waals surface area contributed by atoms with Gasteiger partial charge in [0.2, 0.25) is 5.91 Å². The largest absolute Gasteiger partial charge is 0.497 e. The van der Waals surface area contributed by atoms with Crippen molar-refractivity contribution in [1.82, 2.24) is 10.2 Å². The molecule has 0 aliphatic carbocycles. The summed E-state index contributed by atoms with van der Waals surface area (Å²) < 4.78 is 5.16. The number of methoxy groups -OCH3 is 1. The van der Waals surface area contributed by atoms with E-state index < -0.39 is 0 Å². The van der Waals surface area contributed by atoms with Gasteiger partial charge >= 0.3 is 0 Å². The zero-order chi connectivity index (χ0) is 15.5. The lowest BCUT2D eigenvalue weighted by atomic mass is 10.1. The van der Waals surface area contributed by atoms with Crippen LogP contribution in [-0.4, -0.2) is 23.2 Å². The highest BCUT2D eigenvalue weighted by Crippen LogP contribution is 2.24. The van der Waals surface area contributed by atoms with Crippen LogP contribution in [0, 0.1) is 0 Å². The minimum atomic E-state index is -0.147. The number of halogens is 1. The molecule has 1 aromatic heterocycles. The lowest BCUT2D eigenvalue weighted by molar-refractivity contribution is -0.115. The van der Waals surface area contributed by atoms with Crippen molar-refractivity contribution in [1.29, 1.82) is 0 Å². The third-order valence-electron chi connectivity index (χ3n) is 3.28. The molecule has 0 unspecified atom stereocenters. The molecule has 112 valence electrons. The Morgan fingerprint density at radius 3 is 2.95 bits per heavy atom. The summed E-state index contributed by atoms with van der Waals surface area (Å²) in [4.78, 5) is 12.1. The number of fused-ring (bicyclic) bond motifs is 1. The van der Waals surface area contributed by atoms with Crippen LogP contribution >= 0.6 is 11.6 Å². The lowest BCUT2D eigenvalue weighted by Gasteiger charge is -2.04. The molecular weight excluding hydrogens is 302 g/mol. The number of nitrogens with zero attached hydrogens (tertiary/aromatic N) is 1. The summed E-state index contributed by atoms with van der Waals surface area (Å²) in [6, 6.07) is 12.7. The van der Waals surface area contributed by atoms with Gasteiger partial charge in [-0.05, 0) is 29.8 Å². The molecule has 0 atom stereocenters. The molecule has 22 heavy (non-hydrogen) atoms. The second kappa shape index (κ2) is 6.07. The number of carbonyl (C=O) groups is 1. The van der Waals surface area contributed by atoms with E-state index >= 15 is 0 Å². The van der Waals surface area contributed by atoms with E-state index in [9.17, 15) is 4.79 Å². The predicted octanol–water partition coefficient (Wildman–Crippen LogP) is 3.41. The smallest absolute Gasteiger partial charge is 0.230 e. The first-order chi connectivity index (χ1) is 10.7. The average Bonchev–Trinajstić information content (AvgIpc) is 2.89. The Morgan fingerprint density at radius 2 is 2.18 bits per heavy atom. The van der Waals surface area contributed by atoms with Crippen molar-refractivity contribution in [2.45, 2.75) is 6.42 Å². The topological polar surface area (TPSA) is 67.0 Å². The molecule has 0 saturated carbocycles. The van der Waals surface area contributed by atoms with Gasteiger partial charge in [0.25, 0.3) is 0 Å². The molecule has 3 rings (SSSR count). The number of hydrogen-bond acceptors (Lipinski definition) is 3. The number of H-pyrrole nitrogens is 1. The van der Waals surface area contributed by atoms with Gasteiger partial charge in [-0.3, -0.25) is 9.89 Å². The Balaban J connectivity index is 1.76. The Labute approximate surface area is 132 Å². The first-order valence-corrected chi connectivity index (χ1v) is 7.10. The van der Waals surface area contributed by atoms with Crippen molar-refractivity contribution in [2.75, 3.05) is 12.4 Å². The van der Waals surface area contributed by atoms with Crippen molar-refractivity contribution < 1.29 is 9.53 Å². The van der Waals surface area contributed by atoms with E-state index in [2.05, 4.69) is 15.5 Å². The fourth-order valence-corrected chi connectivity index (χ4v) is 2.44. The number of anilines is 1. The molecule has 1 amide bonds. The van der Waals surface area contributed by atoms with Crippen LogP contribution < -0.4 is 10.1 Å². The van der Waals surface area contributed by atoms with Crippen LogP contribution in [-0.2, 0) is 11.2 Å². The summed E-state index contributed by atoms with van der Waals surface area (Å²) in [6.07, 6.45) is 0.241. The molecule has 0 saturated heterocycles. The monoisotopic (exact) mass is 315 g/mol. The summed E-state index contributed by atoms with van der Waals surface area (Å²) in [5.41, 5.74) is 1.66. The first kappa shape index (κ1) is 14.4. The van der Waals surface area contributed by atoms with Crippen molar-refractivity contribution in [3.05, 3.63) is 53.1 Å². The van der Waals surface area contributed by atoms with E-state index in [0.717, 1.165) is 22.2 Å². The van der Waals surface area contributed by atoms with E-state index in [0.29, 0.717) is 10.8 Å². The number of aromatic nitrogens is 2. The van der Waals surface area contributed by atoms with Gasteiger partial charge in [-0.25, -0.2) is 0 Å². The van der Waals surface area contributed by atoms with Gasteiger partial charge in [-0.2, -0.15) is 5.10 Å². The van der Waals surface area contributed by atoms with Crippen LogP contribution in [0.1, 0.15) is 5.56 Å². The minimum Gasteiger partial charge on any atom is -0.497 e. The molecule has 0 aliphatic rings. The highest BCUT2D eigenvalue weighted by Gasteiger charge is 2.10. The van der Waals surface area contributed by atoms with Gasteiger partial charge in [0.05, 0.1) is 19.0 Å². The van der Waals surface area contributed by atoms with E-state index in [4.69, 9.17) is 16.3 Å². The summed E-state index contributed by atoms with van der Waals surface area (Å²) >= 11 is 5.92. The van der Waals surface area contributed by atoms with Gasteiger partial charge in [-0.1, -0.05) is 23.7 Å². The standard InChI is InChI=1S/C16H14ClN3O2/c1-22-12-5-6-13-14(9-12)19-20-16(13)18-15(21)8-10-3-2-4-11(17)7-10/h2-7,9H,8H2,1H3,(H2,18,19,20,21). The van der Waals surface area contributed by atoms with Crippen molar-refractivity contribution >= 4 is 34.2 Å². The zero-order valence-corrected chi connectivity index (χ0v) is 12.6. The molecule has 0 bridgehead atoms. The molecule has 0 spiro atoms. The molecule has 0 aliphatic heterocycles. The van der Waals surface area contributed by atoms with Crippen LogP contribution in [0.25, 0.3) is 10.9 Å². The first-order valence-electron chi connectivity index (χ1n) is 6.72. The van der Waals surface area contributed by atoms with Crippen LogP contribution in [0.15, 0.2) is 42.5 Å². The molecule has 6 heteroatoms. The highest BCUT2D eigenvalue weighted by molar-refractivity contribution is 6.30. The van der Waals surface area contributed by atoms with Crippen molar-refractivity contribution in [3.8, 4) is 5.75 Å². The van der Waals surface area contributed by atoms with Gasteiger partial charge in [0, 0.05) is 16.5 Å².